The highest BCUT2D eigenvalue weighted by Gasteiger charge is 2.03. The molecule has 2 aromatic rings. The Morgan fingerprint density at radius 3 is 1.44 bits per heavy atom. The first-order valence-corrected chi connectivity index (χ1v) is 5.74. The summed E-state index contributed by atoms with van der Waals surface area (Å²) in [5.74, 6) is 0. The van der Waals surface area contributed by atoms with Crippen molar-refractivity contribution < 1.29 is 4.90 Å². The van der Waals surface area contributed by atoms with E-state index in [0.717, 1.165) is 13.1 Å². The fourth-order valence-electron chi connectivity index (χ4n) is 1.95. The molecule has 16 heavy (non-hydrogen) atoms. The first-order chi connectivity index (χ1) is 7.84. The Morgan fingerprint density at radius 1 is 0.688 bits per heavy atom. The Hall–Kier alpha value is -1.60. The van der Waals surface area contributed by atoms with Crippen molar-refractivity contribution in [1.29, 1.82) is 0 Å². The lowest BCUT2D eigenvalue weighted by Gasteiger charge is -2.13. The van der Waals surface area contributed by atoms with Gasteiger partial charge in [-0.3, -0.25) is 0 Å². The summed E-state index contributed by atoms with van der Waals surface area (Å²) in [6.45, 7) is 2.16. The maximum atomic E-state index is 2.24. The number of rotatable bonds is 4. The van der Waals surface area contributed by atoms with Gasteiger partial charge in [-0.25, -0.2) is 0 Å². The topological polar surface area (TPSA) is 4.44 Å². The zero-order valence-corrected chi connectivity index (χ0v) is 9.69. The van der Waals surface area contributed by atoms with E-state index in [1.807, 2.05) is 0 Å². The van der Waals surface area contributed by atoms with Gasteiger partial charge in [-0.1, -0.05) is 60.7 Å². The molecule has 0 spiro atoms. The largest absolute Gasteiger partial charge is 0.330 e. The van der Waals surface area contributed by atoms with E-state index < -0.39 is 0 Å². The van der Waals surface area contributed by atoms with Crippen LogP contribution in [0.4, 0.5) is 0 Å². The van der Waals surface area contributed by atoms with Crippen molar-refractivity contribution in [2.45, 2.75) is 13.1 Å². The van der Waals surface area contributed by atoms with E-state index in [9.17, 15) is 0 Å². The van der Waals surface area contributed by atoms with Crippen molar-refractivity contribution in [2.75, 3.05) is 7.05 Å². The summed E-state index contributed by atoms with van der Waals surface area (Å²) >= 11 is 0. The van der Waals surface area contributed by atoms with Gasteiger partial charge in [0.2, 0.25) is 0 Å². The second-order valence-electron chi connectivity index (χ2n) is 4.28. The summed E-state index contributed by atoms with van der Waals surface area (Å²) in [7, 11) is 2.24. The average Bonchev–Trinajstić information content (AvgIpc) is 2.31. The number of quaternary nitrogens is 1. The zero-order chi connectivity index (χ0) is 11.2. The summed E-state index contributed by atoms with van der Waals surface area (Å²) in [4.78, 5) is 1.51. The maximum absolute atomic E-state index is 2.24. The maximum Gasteiger partial charge on any atom is 0.103 e. The summed E-state index contributed by atoms with van der Waals surface area (Å²) in [5, 5.41) is 0. The van der Waals surface area contributed by atoms with Gasteiger partial charge in [0.05, 0.1) is 7.05 Å². The third-order valence-electron chi connectivity index (χ3n) is 2.70. The zero-order valence-electron chi connectivity index (χ0n) is 9.69. The molecule has 1 nitrogen and oxygen atoms in total. The molecular formula is C15H18N+. The number of hydrogen-bond acceptors (Lipinski definition) is 0. The van der Waals surface area contributed by atoms with Crippen LogP contribution in [0.2, 0.25) is 0 Å². The van der Waals surface area contributed by atoms with Crippen LogP contribution in [0.15, 0.2) is 60.7 Å². The van der Waals surface area contributed by atoms with Crippen LogP contribution in [0.25, 0.3) is 0 Å². The van der Waals surface area contributed by atoms with Crippen molar-refractivity contribution in [1.82, 2.24) is 0 Å². The second-order valence-corrected chi connectivity index (χ2v) is 4.28. The van der Waals surface area contributed by atoms with Gasteiger partial charge in [0, 0.05) is 11.1 Å². The molecule has 82 valence electrons. The predicted molar refractivity (Wildman–Crippen MR) is 67.2 cm³/mol. The van der Waals surface area contributed by atoms with E-state index >= 15 is 0 Å². The molecule has 1 N–H and O–H groups in total. The standard InChI is InChI=1S/C15H17N/c1-16(12-14-8-4-2-5-9-14)13-15-10-6-3-7-11-15/h2-11H,12-13H2,1H3/p+1. The van der Waals surface area contributed by atoms with Crippen molar-refractivity contribution in [2.24, 2.45) is 0 Å². The molecule has 0 fully saturated rings. The Morgan fingerprint density at radius 2 is 1.06 bits per heavy atom. The van der Waals surface area contributed by atoms with Gasteiger partial charge < -0.3 is 4.90 Å². The fraction of sp³-hybridized carbons (Fsp3) is 0.200. The Labute approximate surface area is 97.3 Å². The lowest BCUT2D eigenvalue weighted by molar-refractivity contribution is -0.907. The molecule has 1 heteroatoms. The Kier molecular flexibility index (Phi) is 3.73. The molecular weight excluding hydrogens is 194 g/mol. The third kappa shape index (κ3) is 3.21. The Balaban J connectivity index is 1.92. The molecule has 0 radical (unpaired) electrons. The van der Waals surface area contributed by atoms with Gasteiger partial charge in [0.15, 0.2) is 0 Å². The van der Waals surface area contributed by atoms with Crippen molar-refractivity contribution in [3.05, 3.63) is 71.8 Å². The molecule has 0 aliphatic carbocycles. The summed E-state index contributed by atoms with van der Waals surface area (Å²) in [6.07, 6.45) is 0. The van der Waals surface area contributed by atoms with Crippen LogP contribution in [0.5, 0.6) is 0 Å². The van der Waals surface area contributed by atoms with Crippen molar-refractivity contribution in [3.8, 4) is 0 Å². The van der Waals surface area contributed by atoms with Gasteiger partial charge in [-0.05, 0) is 0 Å². The molecule has 0 aromatic heterocycles. The van der Waals surface area contributed by atoms with E-state index in [2.05, 4.69) is 67.7 Å². The van der Waals surface area contributed by atoms with Crippen LogP contribution in [-0.2, 0) is 13.1 Å². The summed E-state index contributed by atoms with van der Waals surface area (Å²) < 4.78 is 0. The van der Waals surface area contributed by atoms with Gasteiger partial charge in [0.1, 0.15) is 13.1 Å². The Bertz CT molecular complexity index is 366. The number of benzene rings is 2. The van der Waals surface area contributed by atoms with Gasteiger partial charge in [-0.2, -0.15) is 0 Å². The van der Waals surface area contributed by atoms with Gasteiger partial charge >= 0.3 is 0 Å². The highest BCUT2D eigenvalue weighted by Crippen LogP contribution is 1.97. The highest BCUT2D eigenvalue weighted by atomic mass is 15.1. The number of nitrogens with one attached hydrogen (secondary N) is 1. The molecule has 0 aliphatic heterocycles. The number of hydrogen-bond donors (Lipinski definition) is 1. The van der Waals surface area contributed by atoms with Gasteiger partial charge in [-0.15, -0.1) is 0 Å². The highest BCUT2D eigenvalue weighted by molar-refractivity contribution is 5.14. The minimum atomic E-state index is 1.08. The van der Waals surface area contributed by atoms with Crippen LogP contribution in [0, 0.1) is 0 Å². The summed E-state index contributed by atoms with van der Waals surface area (Å²) in [6, 6.07) is 21.3. The minimum Gasteiger partial charge on any atom is -0.330 e. The average molecular weight is 212 g/mol. The van der Waals surface area contributed by atoms with E-state index in [4.69, 9.17) is 0 Å². The lowest BCUT2D eigenvalue weighted by atomic mass is 10.2. The van der Waals surface area contributed by atoms with Crippen LogP contribution in [0.3, 0.4) is 0 Å². The van der Waals surface area contributed by atoms with Crippen LogP contribution in [0.1, 0.15) is 11.1 Å². The predicted octanol–water partition coefficient (Wildman–Crippen LogP) is 1.90. The first kappa shape index (κ1) is 10.9. The molecule has 0 amide bonds. The first-order valence-electron chi connectivity index (χ1n) is 5.74. The van der Waals surface area contributed by atoms with Crippen LogP contribution < -0.4 is 4.90 Å². The molecule has 0 aliphatic rings. The SMILES string of the molecule is C[NH+](Cc1ccccc1)Cc1ccccc1. The smallest absolute Gasteiger partial charge is 0.103 e. The minimum absolute atomic E-state index is 1.08. The van der Waals surface area contributed by atoms with E-state index in [1.54, 1.807) is 0 Å². The molecule has 2 aromatic carbocycles. The van der Waals surface area contributed by atoms with Crippen LogP contribution >= 0.6 is 0 Å². The van der Waals surface area contributed by atoms with Gasteiger partial charge in [0.25, 0.3) is 0 Å². The van der Waals surface area contributed by atoms with E-state index in [1.165, 1.54) is 16.0 Å². The molecule has 0 saturated heterocycles. The van der Waals surface area contributed by atoms with Crippen molar-refractivity contribution in [3.63, 3.8) is 0 Å². The molecule has 0 saturated carbocycles. The fourth-order valence-corrected chi connectivity index (χ4v) is 1.95. The van der Waals surface area contributed by atoms with E-state index in [-0.39, 0.29) is 0 Å². The quantitative estimate of drug-likeness (QED) is 0.789. The lowest BCUT2D eigenvalue weighted by Crippen LogP contribution is -3.06. The monoisotopic (exact) mass is 212 g/mol. The third-order valence-corrected chi connectivity index (χ3v) is 2.70. The molecule has 0 unspecified atom stereocenters. The molecule has 0 heterocycles. The molecule has 2 rings (SSSR count). The normalized spacial score (nSPS) is 10.6. The van der Waals surface area contributed by atoms with Crippen molar-refractivity contribution >= 4 is 0 Å². The molecule has 0 bridgehead atoms. The summed E-state index contributed by atoms with van der Waals surface area (Å²) in [5.41, 5.74) is 2.80. The van der Waals surface area contributed by atoms with Crippen LogP contribution in [-0.4, -0.2) is 7.05 Å². The van der Waals surface area contributed by atoms with E-state index in [0.29, 0.717) is 0 Å². The molecule has 0 atom stereocenters. The second kappa shape index (κ2) is 5.47.